The topological polar surface area (TPSA) is 17.8 Å². The quantitative estimate of drug-likeness (QED) is 0.661. The van der Waals surface area contributed by atoms with Gasteiger partial charge in [0.25, 0.3) is 0 Å². The minimum absolute atomic E-state index is 0.432. The van der Waals surface area contributed by atoms with E-state index >= 15 is 0 Å². The molecule has 0 radical (unpaired) electrons. The minimum Gasteiger partial charge on any atom is -0.269 e. The summed E-state index contributed by atoms with van der Waals surface area (Å²) in [6, 6.07) is 6.88. The van der Waals surface area contributed by atoms with Gasteiger partial charge in [-0.15, -0.1) is 0 Å². The number of rotatable bonds is 1. The van der Waals surface area contributed by atoms with Gasteiger partial charge < -0.3 is 0 Å². The van der Waals surface area contributed by atoms with Crippen molar-refractivity contribution in [1.29, 1.82) is 0 Å². The second kappa shape index (κ2) is 3.45. The van der Waals surface area contributed by atoms with Crippen LogP contribution in [0.15, 0.2) is 28.9 Å². The van der Waals surface area contributed by atoms with E-state index in [-0.39, 0.29) is 0 Å². The molecule has 0 saturated heterocycles. The molecular formula is C13H13BrN2. The van der Waals surface area contributed by atoms with Crippen LogP contribution in [-0.2, 0) is 6.42 Å². The molecule has 0 fully saturated rings. The van der Waals surface area contributed by atoms with Gasteiger partial charge in [-0.05, 0) is 31.5 Å². The molecule has 82 valence electrons. The van der Waals surface area contributed by atoms with E-state index in [9.17, 15) is 0 Å². The Morgan fingerprint density at radius 3 is 2.88 bits per heavy atom. The lowest BCUT2D eigenvalue weighted by Gasteiger charge is -2.05. The zero-order valence-corrected chi connectivity index (χ0v) is 11.0. The van der Waals surface area contributed by atoms with Crippen molar-refractivity contribution < 1.29 is 0 Å². The molecule has 0 amide bonds. The first-order valence-corrected chi connectivity index (χ1v) is 6.31. The van der Waals surface area contributed by atoms with E-state index in [1.54, 1.807) is 0 Å². The fraction of sp³-hybridized carbons (Fsp3) is 0.308. The zero-order valence-electron chi connectivity index (χ0n) is 9.37. The Kier molecular flexibility index (Phi) is 2.18. The summed E-state index contributed by atoms with van der Waals surface area (Å²) in [4.78, 5) is 0. The molecule has 1 aliphatic rings. The maximum Gasteiger partial charge on any atom is 0.0961 e. The van der Waals surface area contributed by atoms with Gasteiger partial charge in [0.15, 0.2) is 0 Å². The van der Waals surface area contributed by atoms with E-state index in [0.717, 1.165) is 16.6 Å². The molecule has 0 saturated carbocycles. The first kappa shape index (κ1) is 10.1. The van der Waals surface area contributed by atoms with Gasteiger partial charge in [0.2, 0.25) is 0 Å². The average molecular weight is 277 g/mol. The highest BCUT2D eigenvalue weighted by Crippen LogP contribution is 2.37. The molecule has 0 bridgehead atoms. The van der Waals surface area contributed by atoms with Gasteiger partial charge in [-0.1, -0.05) is 22.0 Å². The third-order valence-electron chi connectivity index (χ3n) is 3.04. The minimum atomic E-state index is 0.432. The van der Waals surface area contributed by atoms with Gasteiger partial charge in [-0.3, -0.25) is 4.68 Å². The number of nitrogens with zero attached hydrogens (tertiary/aromatic N) is 2. The van der Waals surface area contributed by atoms with Crippen molar-refractivity contribution in [1.82, 2.24) is 9.78 Å². The zero-order chi connectivity index (χ0) is 11.3. The van der Waals surface area contributed by atoms with E-state index in [2.05, 4.69) is 64.0 Å². The van der Waals surface area contributed by atoms with Gasteiger partial charge >= 0.3 is 0 Å². The number of hydrogen-bond acceptors (Lipinski definition) is 1. The summed E-state index contributed by atoms with van der Waals surface area (Å²) in [5.41, 5.74) is 5.17. The van der Waals surface area contributed by atoms with Crippen LogP contribution in [0.3, 0.4) is 0 Å². The maximum atomic E-state index is 4.67. The van der Waals surface area contributed by atoms with Crippen LogP contribution in [0.5, 0.6) is 0 Å². The van der Waals surface area contributed by atoms with Crippen LogP contribution in [-0.4, -0.2) is 9.78 Å². The summed E-state index contributed by atoms with van der Waals surface area (Å²) in [5, 5.41) is 4.67. The predicted molar refractivity (Wildman–Crippen MR) is 68.6 cm³/mol. The van der Waals surface area contributed by atoms with Crippen molar-refractivity contribution in [3.8, 4) is 11.3 Å². The van der Waals surface area contributed by atoms with E-state index in [0.29, 0.717) is 6.04 Å². The molecule has 0 aliphatic heterocycles. The first-order chi connectivity index (χ1) is 7.65. The molecule has 1 aromatic carbocycles. The van der Waals surface area contributed by atoms with Crippen LogP contribution >= 0.6 is 15.9 Å². The van der Waals surface area contributed by atoms with Crippen molar-refractivity contribution in [3.63, 3.8) is 0 Å². The lowest BCUT2D eigenvalue weighted by molar-refractivity contribution is 0.533. The molecule has 1 aromatic heterocycles. The lowest BCUT2D eigenvalue weighted by atomic mass is 10.1. The SMILES string of the molecule is CC(C)n1cc2c(n1)-c1cc(Br)ccc1C2. The van der Waals surface area contributed by atoms with E-state index in [4.69, 9.17) is 0 Å². The van der Waals surface area contributed by atoms with Crippen molar-refractivity contribution in [2.24, 2.45) is 0 Å². The highest BCUT2D eigenvalue weighted by molar-refractivity contribution is 9.10. The summed E-state index contributed by atoms with van der Waals surface area (Å²) in [6.45, 7) is 4.31. The van der Waals surface area contributed by atoms with Gasteiger partial charge in [-0.25, -0.2) is 0 Å². The highest BCUT2D eigenvalue weighted by Gasteiger charge is 2.22. The standard InChI is InChI=1S/C13H13BrN2/c1-8(2)16-7-10-5-9-3-4-11(14)6-12(9)13(10)15-16/h3-4,6-8H,5H2,1-2H3. The van der Waals surface area contributed by atoms with Crippen LogP contribution in [0.2, 0.25) is 0 Å². The molecular weight excluding hydrogens is 264 g/mol. The fourth-order valence-electron chi connectivity index (χ4n) is 2.18. The van der Waals surface area contributed by atoms with E-state index < -0.39 is 0 Å². The summed E-state index contributed by atoms with van der Waals surface area (Å²) >= 11 is 3.52. The molecule has 0 atom stereocenters. The second-order valence-electron chi connectivity index (χ2n) is 4.55. The summed E-state index contributed by atoms with van der Waals surface area (Å²) in [6.07, 6.45) is 3.19. The van der Waals surface area contributed by atoms with E-state index in [1.807, 2.05) is 0 Å². The Balaban J connectivity index is 2.15. The molecule has 0 N–H and O–H groups in total. The molecule has 0 spiro atoms. The number of halogens is 1. The van der Waals surface area contributed by atoms with E-state index in [1.165, 1.54) is 16.7 Å². The Bertz CT molecular complexity index is 555. The van der Waals surface area contributed by atoms with Crippen molar-refractivity contribution in [3.05, 3.63) is 40.0 Å². The highest BCUT2D eigenvalue weighted by atomic mass is 79.9. The lowest BCUT2D eigenvalue weighted by Crippen LogP contribution is -2.01. The number of aromatic nitrogens is 2. The number of benzene rings is 1. The molecule has 2 aromatic rings. The third-order valence-corrected chi connectivity index (χ3v) is 3.54. The maximum absolute atomic E-state index is 4.67. The average Bonchev–Trinajstić information content (AvgIpc) is 2.75. The van der Waals surface area contributed by atoms with Crippen molar-refractivity contribution in [2.45, 2.75) is 26.3 Å². The van der Waals surface area contributed by atoms with Crippen LogP contribution in [0.4, 0.5) is 0 Å². The number of fused-ring (bicyclic) bond motifs is 3. The van der Waals surface area contributed by atoms with Crippen LogP contribution in [0, 0.1) is 0 Å². The van der Waals surface area contributed by atoms with Crippen molar-refractivity contribution >= 4 is 15.9 Å². The summed E-state index contributed by atoms with van der Waals surface area (Å²) in [7, 11) is 0. The van der Waals surface area contributed by atoms with Crippen LogP contribution in [0.1, 0.15) is 31.0 Å². The Morgan fingerprint density at radius 2 is 2.12 bits per heavy atom. The van der Waals surface area contributed by atoms with Gasteiger partial charge in [0.1, 0.15) is 0 Å². The molecule has 3 heteroatoms. The summed E-state index contributed by atoms with van der Waals surface area (Å²) in [5.74, 6) is 0. The first-order valence-electron chi connectivity index (χ1n) is 5.52. The molecule has 3 rings (SSSR count). The van der Waals surface area contributed by atoms with Gasteiger partial charge in [-0.2, -0.15) is 5.10 Å². The Labute approximate surface area is 103 Å². The molecule has 0 unspecified atom stereocenters. The van der Waals surface area contributed by atoms with Gasteiger partial charge in [0.05, 0.1) is 5.69 Å². The molecule has 1 heterocycles. The molecule has 16 heavy (non-hydrogen) atoms. The third kappa shape index (κ3) is 1.42. The Hall–Kier alpha value is -1.09. The smallest absolute Gasteiger partial charge is 0.0961 e. The monoisotopic (exact) mass is 276 g/mol. The van der Waals surface area contributed by atoms with Crippen molar-refractivity contribution in [2.75, 3.05) is 0 Å². The predicted octanol–water partition coefficient (Wildman–Crippen LogP) is 3.80. The summed E-state index contributed by atoms with van der Waals surface area (Å²) < 4.78 is 3.17. The normalized spacial score (nSPS) is 13.0. The molecule has 1 aliphatic carbocycles. The van der Waals surface area contributed by atoms with Crippen LogP contribution < -0.4 is 0 Å². The molecule has 2 nitrogen and oxygen atoms in total. The largest absolute Gasteiger partial charge is 0.269 e. The van der Waals surface area contributed by atoms with Gasteiger partial charge in [0, 0.05) is 34.3 Å². The fourth-order valence-corrected chi connectivity index (χ4v) is 2.54. The van der Waals surface area contributed by atoms with Crippen LogP contribution in [0.25, 0.3) is 11.3 Å². The second-order valence-corrected chi connectivity index (χ2v) is 5.47. The Morgan fingerprint density at radius 1 is 1.31 bits per heavy atom. The number of hydrogen-bond donors (Lipinski definition) is 0.